The van der Waals surface area contributed by atoms with Crippen molar-refractivity contribution in [1.82, 2.24) is 5.32 Å². The van der Waals surface area contributed by atoms with E-state index in [2.05, 4.69) is 12.2 Å². The van der Waals surface area contributed by atoms with Crippen molar-refractivity contribution in [2.45, 2.75) is 31.9 Å². The van der Waals surface area contributed by atoms with Gasteiger partial charge < -0.3 is 19.5 Å². The number of nitrogens with one attached hydrogen (secondary N) is 1. The Hall–Kier alpha value is -1.26. The molecule has 1 aromatic carbocycles. The molecule has 1 aliphatic heterocycles. The van der Waals surface area contributed by atoms with E-state index in [1.807, 2.05) is 24.3 Å². The summed E-state index contributed by atoms with van der Waals surface area (Å²) in [5.41, 5.74) is 0. The first-order valence-electron chi connectivity index (χ1n) is 6.90. The van der Waals surface area contributed by atoms with Crippen molar-refractivity contribution in [3.05, 3.63) is 24.3 Å². The maximum Gasteiger partial charge on any atom is 0.119 e. The molecule has 0 saturated carbocycles. The van der Waals surface area contributed by atoms with Crippen molar-refractivity contribution in [3.63, 3.8) is 0 Å². The predicted molar refractivity (Wildman–Crippen MR) is 74.9 cm³/mol. The number of hydrogen-bond donors (Lipinski definition) is 1. The lowest BCUT2D eigenvalue weighted by molar-refractivity contribution is 0.0153. The van der Waals surface area contributed by atoms with Gasteiger partial charge in [-0.05, 0) is 44.0 Å². The zero-order valence-corrected chi connectivity index (χ0v) is 11.7. The predicted octanol–water partition coefficient (Wildman–Crippen LogP) is 2.23. The topological polar surface area (TPSA) is 39.7 Å². The standard InChI is InChI=1S/C15H23NO3/c1-12-3-4-15(11-16-12)19-10-9-18-14-7-5-13(17-2)6-8-14/h5-8,12,15-16H,3-4,9-11H2,1-2H3. The van der Waals surface area contributed by atoms with E-state index in [0.717, 1.165) is 24.5 Å². The van der Waals surface area contributed by atoms with Crippen molar-refractivity contribution >= 4 is 0 Å². The SMILES string of the molecule is COc1ccc(OCCOC2CCC(C)NC2)cc1. The molecule has 1 aromatic rings. The van der Waals surface area contributed by atoms with Crippen LogP contribution in [0.2, 0.25) is 0 Å². The number of methoxy groups -OCH3 is 1. The molecule has 0 spiro atoms. The normalized spacial score (nSPS) is 23.1. The molecule has 0 amide bonds. The van der Waals surface area contributed by atoms with Crippen molar-refractivity contribution in [2.75, 3.05) is 26.9 Å². The van der Waals surface area contributed by atoms with Gasteiger partial charge in [0, 0.05) is 12.6 Å². The fraction of sp³-hybridized carbons (Fsp3) is 0.600. The Balaban J connectivity index is 1.61. The zero-order valence-electron chi connectivity index (χ0n) is 11.7. The maximum absolute atomic E-state index is 5.79. The van der Waals surface area contributed by atoms with Gasteiger partial charge in [-0.2, -0.15) is 0 Å². The first-order valence-corrected chi connectivity index (χ1v) is 6.90. The van der Waals surface area contributed by atoms with Crippen LogP contribution in [0.3, 0.4) is 0 Å². The molecule has 2 atom stereocenters. The summed E-state index contributed by atoms with van der Waals surface area (Å²) >= 11 is 0. The second kappa shape index (κ2) is 7.36. The first-order chi connectivity index (χ1) is 9.28. The minimum atomic E-state index is 0.329. The number of rotatable bonds is 6. The lowest BCUT2D eigenvalue weighted by Gasteiger charge is -2.27. The highest BCUT2D eigenvalue weighted by Crippen LogP contribution is 2.17. The molecule has 106 valence electrons. The fourth-order valence-electron chi connectivity index (χ4n) is 2.16. The molecule has 19 heavy (non-hydrogen) atoms. The van der Waals surface area contributed by atoms with Crippen LogP contribution in [0.1, 0.15) is 19.8 Å². The van der Waals surface area contributed by atoms with Crippen molar-refractivity contribution < 1.29 is 14.2 Å². The summed E-state index contributed by atoms with van der Waals surface area (Å²) in [6.45, 7) is 4.37. The Morgan fingerprint density at radius 2 is 1.84 bits per heavy atom. The fourth-order valence-corrected chi connectivity index (χ4v) is 2.16. The Morgan fingerprint density at radius 1 is 1.11 bits per heavy atom. The molecule has 1 saturated heterocycles. The molecule has 0 aliphatic carbocycles. The summed E-state index contributed by atoms with van der Waals surface area (Å²) in [5, 5.41) is 3.42. The van der Waals surface area contributed by atoms with Crippen LogP contribution in [0, 0.1) is 0 Å². The van der Waals surface area contributed by atoms with E-state index in [0.29, 0.717) is 25.4 Å². The second-order valence-corrected chi connectivity index (χ2v) is 4.90. The molecule has 4 nitrogen and oxygen atoms in total. The second-order valence-electron chi connectivity index (χ2n) is 4.90. The monoisotopic (exact) mass is 265 g/mol. The number of benzene rings is 1. The third kappa shape index (κ3) is 4.73. The van der Waals surface area contributed by atoms with Crippen molar-refractivity contribution in [2.24, 2.45) is 0 Å². The van der Waals surface area contributed by atoms with Crippen LogP contribution in [0.15, 0.2) is 24.3 Å². The van der Waals surface area contributed by atoms with Gasteiger partial charge in [0.2, 0.25) is 0 Å². The minimum Gasteiger partial charge on any atom is -0.497 e. The summed E-state index contributed by atoms with van der Waals surface area (Å²) in [5.74, 6) is 1.69. The van der Waals surface area contributed by atoms with Crippen LogP contribution in [0.25, 0.3) is 0 Å². The van der Waals surface area contributed by atoms with E-state index in [4.69, 9.17) is 14.2 Å². The average molecular weight is 265 g/mol. The van der Waals surface area contributed by atoms with E-state index >= 15 is 0 Å². The summed E-state index contributed by atoms with van der Waals surface area (Å²) in [4.78, 5) is 0. The van der Waals surface area contributed by atoms with Gasteiger partial charge in [0.1, 0.15) is 18.1 Å². The molecule has 1 fully saturated rings. The Bertz CT molecular complexity index is 358. The molecular formula is C15H23NO3. The van der Waals surface area contributed by atoms with E-state index < -0.39 is 0 Å². The van der Waals surface area contributed by atoms with Crippen LogP contribution >= 0.6 is 0 Å². The molecule has 2 rings (SSSR count). The molecule has 2 unspecified atom stereocenters. The van der Waals surface area contributed by atoms with Crippen LogP contribution in [-0.4, -0.2) is 39.0 Å². The van der Waals surface area contributed by atoms with Gasteiger partial charge in [-0.3, -0.25) is 0 Å². The lowest BCUT2D eigenvalue weighted by Crippen LogP contribution is -2.41. The molecule has 1 aliphatic rings. The summed E-state index contributed by atoms with van der Waals surface area (Å²) < 4.78 is 16.5. The van der Waals surface area contributed by atoms with Gasteiger partial charge in [-0.25, -0.2) is 0 Å². The molecule has 1 N–H and O–H groups in total. The summed E-state index contributed by atoms with van der Waals surface area (Å²) in [6, 6.07) is 8.21. The van der Waals surface area contributed by atoms with E-state index in [9.17, 15) is 0 Å². The van der Waals surface area contributed by atoms with Crippen LogP contribution in [-0.2, 0) is 4.74 Å². The van der Waals surface area contributed by atoms with Crippen molar-refractivity contribution in [3.8, 4) is 11.5 Å². The molecule has 0 radical (unpaired) electrons. The number of hydrogen-bond acceptors (Lipinski definition) is 4. The minimum absolute atomic E-state index is 0.329. The maximum atomic E-state index is 5.79. The molecular weight excluding hydrogens is 242 g/mol. The van der Waals surface area contributed by atoms with Crippen molar-refractivity contribution in [1.29, 1.82) is 0 Å². The van der Waals surface area contributed by atoms with E-state index in [1.54, 1.807) is 7.11 Å². The third-order valence-corrected chi connectivity index (χ3v) is 3.38. The highest BCUT2D eigenvalue weighted by molar-refractivity contribution is 5.31. The molecule has 4 heteroatoms. The first kappa shape index (κ1) is 14.2. The highest BCUT2D eigenvalue weighted by Gasteiger charge is 2.17. The quantitative estimate of drug-likeness (QED) is 0.801. The summed E-state index contributed by atoms with van der Waals surface area (Å²) in [6.07, 6.45) is 2.65. The van der Waals surface area contributed by atoms with Gasteiger partial charge in [0.25, 0.3) is 0 Å². The van der Waals surface area contributed by atoms with Crippen LogP contribution < -0.4 is 14.8 Å². The van der Waals surface area contributed by atoms with Crippen LogP contribution in [0.4, 0.5) is 0 Å². The van der Waals surface area contributed by atoms with Gasteiger partial charge in [-0.15, -0.1) is 0 Å². The van der Waals surface area contributed by atoms with Crippen LogP contribution in [0.5, 0.6) is 11.5 Å². The van der Waals surface area contributed by atoms with Gasteiger partial charge in [0.05, 0.1) is 19.8 Å². The average Bonchev–Trinajstić information content (AvgIpc) is 2.46. The molecule has 1 heterocycles. The largest absolute Gasteiger partial charge is 0.497 e. The third-order valence-electron chi connectivity index (χ3n) is 3.38. The van der Waals surface area contributed by atoms with Gasteiger partial charge >= 0.3 is 0 Å². The number of piperidine rings is 1. The Kier molecular flexibility index (Phi) is 5.48. The van der Waals surface area contributed by atoms with E-state index in [1.165, 1.54) is 6.42 Å². The highest BCUT2D eigenvalue weighted by atomic mass is 16.5. The molecule has 0 bridgehead atoms. The Morgan fingerprint density at radius 3 is 2.47 bits per heavy atom. The Labute approximate surface area is 115 Å². The van der Waals surface area contributed by atoms with Gasteiger partial charge in [0.15, 0.2) is 0 Å². The number of ether oxygens (including phenoxy) is 3. The van der Waals surface area contributed by atoms with Gasteiger partial charge in [-0.1, -0.05) is 0 Å². The molecule has 0 aromatic heterocycles. The lowest BCUT2D eigenvalue weighted by atomic mass is 10.0. The van der Waals surface area contributed by atoms with E-state index in [-0.39, 0.29) is 0 Å². The zero-order chi connectivity index (χ0) is 13.5. The summed E-state index contributed by atoms with van der Waals surface area (Å²) in [7, 11) is 1.66. The smallest absolute Gasteiger partial charge is 0.119 e.